The number of carboxylic acids is 1. The van der Waals surface area contributed by atoms with Crippen LogP contribution in [0.1, 0.15) is 22.8 Å². The largest absolute Gasteiger partial charge is 0.478 e. The summed E-state index contributed by atoms with van der Waals surface area (Å²) >= 11 is 0. The van der Waals surface area contributed by atoms with Gasteiger partial charge in [-0.1, -0.05) is 13.0 Å². The number of aryl methyl sites for hydroxylation is 2. The molecule has 9 heteroatoms. The van der Waals surface area contributed by atoms with Crippen molar-refractivity contribution in [2.45, 2.75) is 18.2 Å². The fraction of sp³-hybridized carbons (Fsp3) is 0.250. The number of rotatable bonds is 5. The molecule has 0 atom stereocenters. The molecule has 1 heterocycles. The minimum Gasteiger partial charge on any atom is -0.478 e. The van der Waals surface area contributed by atoms with E-state index in [9.17, 15) is 13.2 Å². The van der Waals surface area contributed by atoms with Gasteiger partial charge in [-0.3, -0.25) is 0 Å². The lowest BCUT2D eigenvalue weighted by Gasteiger charge is -2.11. The van der Waals surface area contributed by atoms with Gasteiger partial charge in [-0.05, 0) is 24.1 Å². The standard InChI is InChI=1S/C12H14N4O4S/c1-3-8-4-5-9(11(17)18)6-10(8)21(19,20)15-12-13-7-14-16(12)2/h4-7H,3H2,1-2H3,(H,17,18)(H,13,14,15). The summed E-state index contributed by atoms with van der Waals surface area (Å²) in [5.41, 5.74) is 0.431. The van der Waals surface area contributed by atoms with Crippen LogP contribution in [0.25, 0.3) is 0 Å². The topological polar surface area (TPSA) is 114 Å². The molecule has 0 saturated carbocycles. The van der Waals surface area contributed by atoms with Gasteiger partial charge in [0, 0.05) is 7.05 Å². The Morgan fingerprint density at radius 1 is 1.43 bits per heavy atom. The summed E-state index contributed by atoms with van der Waals surface area (Å²) < 4.78 is 28.4. The van der Waals surface area contributed by atoms with E-state index in [0.717, 1.165) is 6.07 Å². The molecule has 2 aromatic rings. The van der Waals surface area contributed by atoms with Gasteiger partial charge >= 0.3 is 5.97 Å². The predicted molar refractivity (Wildman–Crippen MR) is 74.6 cm³/mol. The van der Waals surface area contributed by atoms with E-state index < -0.39 is 16.0 Å². The Labute approximate surface area is 121 Å². The lowest BCUT2D eigenvalue weighted by molar-refractivity contribution is 0.0696. The second-order valence-corrected chi connectivity index (χ2v) is 5.94. The maximum Gasteiger partial charge on any atom is 0.335 e. The number of sulfonamides is 1. The quantitative estimate of drug-likeness (QED) is 0.847. The molecule has 2 N–H and O–H groups in total. The molecule has 21 heavy (non-hydrogen) atoms. The Kier molecular flexibility index (Phi) is 3.94. The summed E-state index contributed by atoms with van der Waals surface area (Å²) in [4.78, 5) is 14.7. The molecule has 0 bridgehead atoms. The summed E-state index contributed by atoms with van der Waals surface area (Å²) in [6, 6.07) is 4.01. The molecule has 1 aromatic carbocycles. The summed E-state index contributed by atoms with van der Waals surface area (Å²) in [5.74, 6) is -1.13. The van der Waals surface area contributed by atoms with Crippen molar-refractivity contribution in [3.8, 4) is 0 Å². The number of benzene rings is 1. The highest BCUT2D eigenvalue weighted by Gasteiger charge is 2.21. The first-order valence-corrected chi connectivity index (χ1v) is 7.56. The number of aromatic nitrogens is 3. The van der Waals surface area contributed by atoms with Gasteiger partial charge in [0.2, 0.25) is 5.95 Å². The molecule has 0 amide bonds. The molecule has 0 fully saturated rings. The minimum absolute atomic E-state index is 0.0535. The van der Waals surface area contributed by atoms with E-state index >= 15 is 0 Å². The lowest BCUT2D eigenvalue weighted by Crippen LogP contribution is -2.18. The van der Waals surface area contributed by atoms with Gasteiger partial charge in [0.25, 0.3) is 10.0 Å². The number of aromatic carboxylic acids is 1. The maximum absolute atomic E-state index is 12.4. The smallest absolute Gasteiger partial charge is 0.335 e. The van der Waals surface area contributed by atoms with Crippen LogP contribution in [-0.4, -0.2) is 34.3 Å². The van der Waals surface area contributed by atoms with Crippen LogP contribution in [0.2, 0.25) is 0 Å². The van der Waals surface area contributed by atoms with Crippen LogP contribution in [0.3, 0.4) is 0 Å². The van der Waals surface area contributed by atoms with Crippen molar-refractivity contribution in [3.05, 3.63) is 35.7 Å². The third kappa shape index (κ3) is 3.02. The molecule has 0 aliphatic heterocycles. The zero-order valence-corrected chi connectivity index (χ0v) is 12.3. The number of hydrogen-bond acceptors (Lipinski definition) is 5. The van der Waals surface area contributed by atoms with Crippen LogP contribution in [0.4, 0.5) is 5.95 Å². The van der Waals surface area contributed by atoms with Crippen molar-refractivity contribution in [2.24, 2.45) is 7.05 Å². The van der Waals surface area contributed by atoms with Crippen molar-refractivity contribution >= 4 is 21.9 Å². The summed E-state index contributed by atoms with van der Waals surface area (Å²) in [5, 5.41) is 12.8. The molecule has 0 spiro atoms. The molecular weight excluding hydrogens is 296 g/mol. The van der Waals surface area contributed by atoms with Crippen molar-refractivity contribution in [2.75, 3.05) is 4.72 Å². The normalized spacial score (nSPS) is 11.3. The van der Waals surface area contributed by atoms with Crippen molar-refractivity contribution in [1.82, 2.24) is 14.8 Å². The Bertz CT molecular complexity index is 782. The third-order valence-electron chi connectivity index (χ3n) is 2.92. The zero-order valence-electron chi connectivity index (χ0n) is 11.4. The van der Waals surface area contributed by atoms with Gasteiger partial charge in [-0.2, -0.15) is 10.1 Å². The van der Waals surface area contributed by atoms with Gasteiger partial charge in [-0.25, -0.2) is 22.6 Å². The van der Waals surface area contributed by atoms with E-state index in [1.165, 1.54) is 23.1 Å². The van der Waals surface area contributed by atoms with E-state index in [1.807, 2.05) is 0 Å². The summed E-state index contributed by atoms with van der Waals surface area (Å²) in [6.45, 7) is 1.79. The Morgan fingerprint density at radius 2 is 2.14 bits per heavy atom. The first kappa shape index (κ1) is 15.0. The SMILES string of the molecule is CCc1ccc(C(=O)O)cc1S(=O)(=O)Nc1ncnn1C. The van der Waals surface area contributed by atoms with Crippen LogP contribution >= 0.6 is 0 Å². The average Bonchev–Trinajstić information content (AvgIpc) is 2.82. The number of carboxylic acid groups (broad SMARTS) is 1. The third-order valence-corrected chi connectivity index (χ3v) is 4.33. The van der Waals surface area contributed by atoms with Crippen LogP contribution in [0, 0.1) is 0 Å². The van der Waals surface area contributed by atoms with Crippen molar-refractivity contribution in [3.63, 3.8) is 0 Å². The molecular formula is C12H14N4O4S. The lowest BCUT2D eigenvalue weighted by atomic mass is 10.1. The van der Waals surface area contributed by atoms with E-state index in [4.69, 9.17) is 5.11 Å². The molecule has 0 aliphatic carbocycles. The van der Waals surface area contributed by atoms with E-state index in [0.29, 0.717) is 12.0 Å². The number of nitrogens with zero attached hydrogens (tertiary/aromatic N) is 3. The first-order valence-electron chi connectivity index (χ1n) is 6.08. The van der Waals surface area contributed by atoms with Gasteiger partial charge in [0.15, 0.2) is 0 Å². The van der Waals surface area contributed by atoms with Crippen LogP contribution in [0.15, 0.2) is 29.4 Å². The first-order chi connectivity index (χ1) is 9.85. The second kappa shape index (κ2) is 5.52. The van der Waals surface area contributed by atoms with Crippen molar-refractivity contribution < 1.29 is 18.3 Å². The van der Waals surface area contributed by atoms with E-state index in [1.54, 1.807) is 14.0 Å². The summed E-state index contributed by atoms with van der Waals surface area (Å²) in [7, 11) is -2.40. The Hall–Kier alpha value is -2.42. The highest BCUT2D eigenvalue weighted by molar-refractivity contribution is 7.92. The van der Waals surface area contributed by atoms with Crippen LogP contribution in [-0.2, 0) is 23.5 Å². The molecule has 1 aromatic heterocycles. The molecule has 0 aliphatic rings. The summed E-state index contributed by atoms with van der Waals surface area (Å²) in [6.07, 6.45) is 1.67. The van der Waals surface area contributed by atoms with Crippen LogP contribution in [0.5, 0.6) is 0 Å². The van der Waals surface area contributed by atoms with Crippen molar-refractivity contribution in [1.29, 1.82) is 0 Å². The van der Waals surface area contributed by atoms with Gasteiger partial charge in [-0.15, -0.1) is 0 Å². The number of hydrogen-bond donors (Lipinski definition) is 2. The molecule has 2 rings (SSSR count). The minimum atomic E-state index is -3.94. The van der Waals surface area contributed by atoms with Crippen LogP contribution < -0.4 is 4.72 Å². The fourth-order valence-electron chi connectivity index (χ4n) is 1.79. The number of nitrogens with one attached hydrogen (secondary N) is 1. The highest BCUT2D eigenvalue weighted by Crippen LogP contribution is 2.21. The highest BCUT2D eigenvalue weighted by atomic mass is 32.2. The molecule has 0 radical (unpaired) electrons. The molecule has 0 saturated heterocycles. The monoisotopic (exact) mass is 310 g/mol. The second-order valence-electron chi connectivity index (χ2n) is 4.29. The van der Waals surface area contributed by atoms with Gasteiger partial charge < -0.3 is 5.11 Å². The fourth-order valence-corrected chi connectivity index (χ4v) is 3.17. The van der Waals surface area contributed by atoms with Gasteiger partial charge in [0.05, 0.1) is 10.5 Å². The zero-order chi connectivity index (χ0) is 15.6. The Morgan fingerprint density at radius 3 is 2.67 bits per heavy atom. The van der Waals surface area contributed by atoms with Gasteiger partial charge in [0.1, 0.15) is 6.33 Å². The average molecular weight is 310 g/mol. The number of anilines is 1. The molecule has 0 unspecified atom stereocenters. The van der Waals surface area contributed by atoms with E-state index in [2.05, 4.69) is 14.8 Å². The maximum atomic E-state index is 12.4. The number of carbonyl (C=O) groups is 1. The molecule has 112 valence electrons. The predicted octanol–water partition coefficient (Wildman–Crippen LogP) is 0.876. The Balaban J connectivity index is 2.50. The molecule has 8 nitrogen and oxygen atoms in total. The van der Waals surface area contributed by atoms with E-state index in [-0.39, 0.29) is 16.4 Å².